The number of primary amides is 2. The van der Waals surface area contributed by atoms with Crippen LogP contribution in [-0.2, 0) is 66.9 Å². The predicted octanol–water partition coefficient (Wildman–Crippen LogP) is -1.28. The number of ether oxygens (including phenoxy) is 4. The maximum atomic E-state index is 12.9. The van der Waals surface area contributed by atoms with Gasteiger partial charge in [-0.1, -0.05) is 20.8 Å². The SMILES string of the molecule is CC.CC(=O)CN[C@@H](CCCCNC(=O)COCCOCCNC(=O)COCCOCCNC(=O)CCCC(=O)NCCCC[C@H](NCC(C)=O)C(=O)N[C@@H](CCCCN)C(N)=O)C(N)=O.CCC(C)=O. The summed E-state index contributed by atoms with van der Waals surface area (Å²) in [5, 5.41) is 19.3. The maximum Gasteiger partial charge on any atom is 0.246 e. The molecular weight excluding hydrogens is 929 g/mol. The van der Waals surface area contributed by atoms with Gasteiger partial charge in [0.2, 0.25) is 41.4 Å². The molecule has 0 aromatic heterocycles. The summed E-state index contributed by atoms with van der Waals surface area (Å²) in [4.78, 5) is 117. The first-order valence-electron chi connectivity index (χ1n) is 24.8. The van der Waals surface area contributed by atoms with Crippen LogP contribution in [0.15, 0.2) is 0 Å². The van der Waals surface area contributed by atoms with E-state index in [9.17, 15) is 47.9 Å². The van der Waals surface area contributed by atoms with Gasteiger partial charge in [0, 0.05) is 45.4 Å². The Bertz CT molecular complexity index is 1510. The van der Waals surface area contributed by atoms with Crippen molar-refractivity contribution in [3.05, 3.63) is 0 Å². The van der Waals surface area contributed by atoms with Gasteiger partial charge in [-0.05, 0) is 91.5 Å². The predicted molar refractivity (Wildman–Crippen MR) is 267 cm³/mol. The second-order valence-electron chi connectivity index (χ2n) is 16.1. The van der Waals surface area contributed by atoms with Gasteiger partial charge in [0.15, 0.2) is 0 Å². The molecule has 3 atom stereocenters. The van der Waals surface area contributed by atoms with Crippen molar-refractivity contribution in [3.63, 3.8) is 0 Å². The van der Waals surface area contributed by atoms with Crippen LogP contribution in [0.25, 0.3) is 0 Å². The average molecular weight is 1020 g/mol. The number of nitrogens with two attached hydrogens (primary N) is 3. The Morgan fingerprint density at radius 1 is 0.451 bits per heavy atom. The fourth-order valence-electron chi connectivity index (χ4n) is 5.64. The van der Waals surface area contributed by atoms with Crippen molar-refractivity contribution in [2.45, 2.75) is 143 Å². The topological polar surface area (TPSA) is 370 Å². The van der Waals surface area contributed by atoms with Gasteiger partial charge in [0.25, 0.3) is 0 Å². The van der Waals surface area contributed by atoms with Crippen molar-refractivity contribution in [1.29, 1.82) is 0 Å². The summed E-state index contributed by atoms with van der Waals surface area (Å²) in [6.45, 7) is 13.1. The monoisotopic (exact) mass is 1020 g/mol. The summed E-state index contributed by atoms with van der Waals surface area (Å²) in [5.41, 5.74) is 16.3. The zero-order valence-corrected chi connectivity index (χ0v) is 43.5. The Balaban J connectivity index is -0.00000617. The number of amides is 7. The molecule has 24 heteroatoms. The van der Waals surface area contributed by atoms with Crippen molar-refractivity contribution in [2.75, 3.05) is 98.7 Å². The van der Waals surface area contributed by atoms with Crippen LogP contribution in [0.4, 0.5) is 0 Å². The van der Waals surface area contributed by atoms with E-state index < -0.39 is 35.8 Å². The van der Waals surface area contributed by atoms with E-state index in [0.29, 0.717) is 90.3 Å². The average Bonchev–Trinajstić information content (AvgIpc) is 3.32. The highest BCUT2D eigenvalue weighted by Gasteiger charge is 2.24. The lowest BCUT2D eigenvalue weighted by molar-refractivity contribution is -0.129. The quantitative estimate of drug-likeness (QED) is 0.0318. The molecule has 0 aliphatic heterocycles. The second-order valence-corrected chi connectivity index (χ2v) is 16.1. The lowest BCUT2D eigenvalue weighted by Gasteiger charge is -2.21. The number of hydrogen-bond acceptors (Lipinski definition) is 17. The highest BCUT2D eigenvalue weighted by Crippen LogP contribution is 2.06. The number of carbonyl (C=O) groups is 10. The summed E-state index contributed by atoms with van der Waals surface area (Å²) >= 11 is 0. The molecule has 0 heterocycles. The number of hydrogen-bond donors (Lipinski definition) is 10. The van der Waals surface area contributed by atoms with Gasteiger partial charge in [-0.2, -0.15) is 0 Å². The molecule has 7 amide bonds. The first-order chi connectivity index (χ1) is 33.9. The second kappa shape index (κ2) is 50.0. The van der Waals surface area contributed by atoms with E-state index >= 15 is 0 Å². The third-order valence-electron chi connectivity index (χ3n) is 9.60. The van der Waals surface area contributed by atoms with Crippen molar-refractivity contribution in [1.82, 2.24) is 37.2 Å². The van der Waals surface area contributed by atoms with Crippen LogP contribution in [-0.4, -0.2) is 175 Å². The van der Waals surface area contributed by atoms with Crippen LogP contribution in [0.5, 0.6) is 0 Å². The highest BCUT2D eigenvalue weighted by atomic mass is 16.5. The summed E-state index contributed by atoms with van der Waals surface area (Å²) in [7, 11) is 0. The van der Waals surface area contributed by atoms with Crippen molar-refractivity contribution in [3.8, 4) is 0 Å². The molecule has 0 saturated heterocycles. The van der Waals surface area contributed by atoms with Crippen molar-refractivity contribution < 1.29 is 66.9 Å². The molecule has 0 aliphatic carbocycles. The molecule has 0 aliphatic rings. The minimum Gasteiger partial charge on any atom is -0.377 e. The van der Waals surface area contributed by atoms with Gasteiger partial charge in [-0.3, -0.25) is 53.8 Å². The number of ketones is 3. The standard InChI is InChI=1S/C41H76N10O13.C4H8O.C2H6/c1-30(52)26-49-32(39(43)58)10-4-7-17-46-37(56)28-63-24-23-62-21-19-48-38(57)29-64-25-22-61-20-18-47-36(55)14-9-13-35(54)45-16-8-5-12-34(50-27-31(2)53)41(60)51-33(40(44)59)11-3-6-15-42;1-3-4(2)5;1-2/h32-34,49-50H,3-29,42H2,1-2H3,(H2,43,58)(H2,44,59)(H,45,54)(H,46,56)(H,47,55)(H,48,57)(H,51,60);3H2,1-2H3;1-2H3/t32-,33-,34-;;/m0../s1. The fourth-order valence-corrected chi connectivity index (χ4v) is 5.64. The molecule has 0 bridgehead atoms. The molecule has 0 fully saturated rings. The molecule has 71 heavy (non-hydrogen) atoms. The lowest BCUT2D eigenvalue weighted by Crippen LogP contribution is -2.52. The summed E-state index contributed by atoms with van der Waals surface area (Å²) in [6, 6.07) is -2.14. The highest BCUT2D eigenvalue weighted by molar-refractivity contribution is 5.89. The molecule has 0 radical (unpaired) electrons. The van der Waals surface area contributed by atoms with E-state index in [4.69, 9.17) is 36.1 Å². The number of rotatable bonds is 45. The van der Waals surface area contributed by atoms with Gasteiger partial charge >= 0.3 is 0 Å². The number of nitrogens with one attached hydrogen (secondary N) is 7. The summed E-state index contributed by atoms with van der Waals surface area (Å²) < 4.78 is 21.3. The van der Waals surface area contributed by atoms with Crippen molar-refractivity contribution in [2.24, 2.45) is 17.2 Å². The zero-order chi connectivity index (χ0) is 54.1. The smallest absolute Gasteiger partial charge is 0.246 e. The van der Waals surface area contributed by atoms with Crippen LogP contribution in [0.3, 0.4) is 0 Å². The maximum absolute atomic E-state index is 12.9. The molecule has 0 rings (SSSR count). The molecule has 412 valence electrons. The Morgan fingerprint density at radius 2 is 0.831 bits per heavy atom. The molecular formula is C47H90N10O14. The van der Waals surface area contributed by atoms with Crippen LogP contribution < -0.4 is 54.4 Å². The number of Topliss-reactive ketones (excluding diaryl/α,β-unsaturated/α-hetero) is 3. The van der Waals surface area contributed by atoms with Gasteiger partial charge in [0.1, 0.15) is 36.6 Å². The van der Waals surface area contributed by atoms with Gasteiger partial charge in [-0.25, -0.2) is 0 Å². The zero-order valence-electron chi connectivity index (χ0n) is 43.5. The summed E-state index contributed by atoms with van der Waals surface area (Å²) in [5.74, 6) is -2.61. The molecule has 0 unspecified atom stereocenters. The molecule has 0 aromatic rings. The molecule has 13 N–H and O–H groups in total. The third-order valence-corrected chi connectivity index (χ3v) is 9.60. The van der Waals surface area contributed by atoms with Gasteiger partial charge in [-0.15, -0.1) is 0 Å². The number of unbranched alkanes of at least 4 members (excludes halogenated alkanes) is 3. The Morgan fingerprint density at radius 3 is 1.27 bits per heavy atom. The van der Waals surface area contributed by atoms with E-state index in [1.54, 1.807) is 6.92 Å². The van der Waals surface area contributed by atoms with Crippen LogP contribution in [0.1, 0.15) is 125 Å². The van der Waals surface area contributed by atoms with Crippen LogP contribution in [0, 0.1) is 0 Å². The van der Waals surface area contributed by atoms with Crippen LogP contribution >= 0.6 is 0 Å². The lowest BCUT2D eigenvalue weighted by atomic mass is 10.1. The van der Waals surface area contributed by atoms with E-state index in [1.807, 2.05) is 20.8 Å². The van der Waals surface area contributed by atoms with E-state index in [0.717, 1.165) is 0 Å². The van der Waals surface area contributed by atoms with Crippen molar-refractivity contribution >= 4 is 58.7 Å². The largest absolute Gasteiger partial charge is 0.377 e. The van der Waals surface area contributed by atoms with E-state index in [1.165, 1.54) is 13.8 Å². The molecule has 24 nitrogen and oxygen atoms in total. The fraction of sp³-hybridized carbons (Fsp3) is 0.787. The summed E-state index contributed by atoms with van der Waals surface area (Å²) in [6.07, 6.45) is 6.27. The molecule has 0 saturated carbocycles. The molecule has 0 aromatic carbocycles. The normalized spacial score (nSPS) is 11.8. The van der Waals surface area contributed by atoms with E-state index in [2.05, 4.69) is 37.2 Å². The third kappa shape index (κ3) is 49.8. The number of carbonyl (C=O) groups excluding carboxylic acids is 10. The first-order valence-corrected chi connectivity index (χ1v) is 24.8. The molecule has 0 spiro atoms. The Hall–Kier alpha value is -4.98. The first kappa shape index (κ1) is 70.3. The minimum absolute atomic E-state index is 0.00753. The van der Waals surface area contributed by atoms with Gasteiger partial charge in [0.05, 0.1) is 64.8 Å². The van der Waals surface area contributed by atoms with Gasteiger partial charge < -0.3 is 67.5 Å². The Kier molecular flexibility index (Phi) is 49.5. The minimum atomic E-state index is -0.835. The van der Waals surface area contributed by atoms with Crippen LogP contribution in [0.2, 0.25) is 0 Å². The van der Waals surface area contributed by atoms with E-state index in [-0.39, 0.29) is 133 Å². The Labute approximate surface area is 420 Å².